The van der Waals surface area contributed by atoms with Crippen molar-refractivity contribution in [1.82, 2.24) is 9.97 Å². The van der Waals surface area contributed by atoms with Gasteiger partial charge in [0.2, 0.25) is 0 Å². The molecule has 0 unspecified atom stereocenters. The van der Waals surface area contributed by atoms with E-state index in [0.717, 1.165) is 28.8 Å². The van der Waals surface area contributed by atoms with Crippen LogP contribution in [0.3, 0.4) is 0 Å². The highest BCUT2D eigenvalue weighted by Gasteiger charge is 2.43. The zero-order valence-corrected chi connectivity index (χ0v) is 14.6. The summed E-state index contributed by atoms with van der Waals surface area (Å²) in [5.74, 6) is 1.18. The SMILES string of the molecule is CC(C)c1nc(C2(c3ccccc3)CCC2)nc(Cl)c1Br. The third-order valence-corrected chi connectivity index (χ3v) is 5.63. The van der Waals surface area contributed by atoms with Gasteiger partial charge in [0.1, 0.15) is 11.0 Å². The van der Waals surface area contributed by atoms with Crippen LogP contribution >= 0.6 is 27.5 Å². The molecule has 1 aromatic carbocycles. The van der Waals surface area contributed by atoms with Crippen molar-refractivity contribution in [2.75, 3.05) is 0 Å². The van der Waals surface area contributed by atoms with Crippen LogP contribution in [0.25, 0.3) is 0 Å². The summed E-state index contributed by atoms with van der Waals surface area (Å²) < 4.78 is 0.824. The van der Waals surface area contributed by atoms with Crippen LogP contribution in [0.5, 0.6) is 0 Å². The lowest BCUT2D eigenvalue weighted by atomic mass is 9.64. The van der Waals surface area contributed by atoms with E-state index in [1.807, 2.05) is 6.07 Å². The van der Waals surface area contributed by atoms with E-state index in [0.29, 0.717) is 11.1 Å². The number of nitrogens with zero attached hydrogens (tertiary/aromatic N) is 2. The molecule has 1 heterocycles. The standard InChI is InChI=1S/C17H18BrClN2/c1-11(2)14-13(18)15(19)21-16(20-14)17(9-6-10-17)12-7-4-3-5-8-12/h3-5,7-8,11H,6,9-10H2,1-2H3. The monoisotopic (exact) mass is 364 g/mol. The second kappa shape index (κ2) is 5.69. The van der Waals surface area contributed by atoms with Gasteiger partial charge in [-0.3, -0.25) is 0 Å². The lowest BCUT2D eigenvalue weighted by Gasteiger charge is -2.41. The summed E-state index contributed by atoms with van der Waals surface area (Å²) in [6, 6.07) is 10.6. The molecule has 1 aliphatic rings. The van der Waals surface area contributed by atoms with Crippen LogP contribution in [-0.4, -0.2) is 9.97 Å². The predicted molar refractivity (Wildman–Crippen MR) is 89.9 cm³/mol. The summed E-state index contributed by atoms with van der Waals surface area (Å²) in [6.45, 7) is 4.26. The fourth-order valence-corrected chi connectivity index (χ4v) is 3.77. The van der Waals surface area contributed by atoms with E-state index in [2.05, 4.69) is 59.0 Å². The number of hydrogen-bond donors (Lipinski definition) is 0. The minimum Gasteiger partial charge on any atom is -0.235 e. The predicted octanol–water partition coefficient (Wildman–Crippen LogP) is 5.49. The van der Waals surface area contributed by atoms with Gasteiger partial charge in [-0.1, -0.05) is 62.2 Å². The van der Waals surface area contributed by atoms with E-state index in [1.54, 1.807) is 0 Å². The molecule has 0 saturated heterocycles. The van der Waals surface area contributed by atoms with Gasteiger partial charge in [0.15, 0.2) is 0 Å². The van der Waals surface area contributed by atoms with Gasteiger partial charge in [0.05, 0.1) is 15.6 Å². The number of rotatable bonds is 3. The number of halogens is 2. The molecule has 1 saturated carbocycles. The third kappa shape index (κ3) is 2.51. The first kappa shape index (κ1) is 15.0. The smallest absolute Gasteiger partial charge is 0.147 e. The molecule has 1 aromatic heterocycles. The van der Waals surface area contributed by atoms with Crippen molar-refractivity contribution in [1.29, 1.82) is 0 Å². The Labute approximate surface area is 139 Å². The molecule has 2 aromatic rings. The quantitative estimate of drug-likeness (QED) is 0.672. The lowest BCUT2D eigenvalue weighted by molar-refractivity contribution is 0.284. The second-order valence-corrected chi connectivity index (χ2v) is 7.14. The average Bonchev–Trinajstić information content (AvgIpc) is 2.42. The minimum absolute atomic E-state index is 0.0603. The molecule has 3 rings (SSSR count). The van der Waals surface area contributed by atoms with Gasteiger partial charge in [-0.25, -0.2) is 9.97 Å². The van der Waals surface area contributed by atoms with E-state index < -0.39 is 0 Å². The van der Waals surface area contributed by atoms with Crippen molar-refractivity contribution in [2.24, 2.45) is 0 Å². The molecule has 1 aliphatic carbocycles. The molecule has 1 fully saturated rings. The molecule has 0 bridgehead atoms. The van der Waals surface area contributed by atoms with Crippen molar-refractivity contribution in [3.8, 4) is 0 Å². The van der Waals surface area contributed by atoms with E-state index in [9.17, 15) is 0 Å². The van der Waals surface area contributed by atoms with E-state index in [-0.39, 0.29) is 5.41 Å². The molecule has 0 atom stereocenters. The fraction of sp³-hybridized carbons (Fsp3) is 0.412. The Morgan fingerprint density at radius 2 is 1.81 bits per heavy atom. The average molecular weight is 366 g/mol. The zero-order chi connectivity index (χ0) is 15.0. The van der Waals surface area contributed by atoms with E-state index >= 15 is 0 Å². The second-order valence-electron chi connectivity index (χ2n) is 5.99. The molecular weight excluding hydrogens is 348 g/mol. The summed E-state index contributed by atoms with van der Waals surface area (Å²) in [4.78, 5) is 9.45. The van der Waals surface area contributed by atoms with Crippen LogP contribution in [0.15, 0.2) is 34.8 Å². The van der Waals surface area contributed by atoms with Gasteiger partial charge in [-0.05, 0) is 40.3 Å². The molecule has 0 radical (unpaired) electrons. The zero-order valence-electron chi connectivity index (χ0n) is 12.2. The van der Waals surface area contributed by atoms with Crippen LogP contribution in [0.2, 0.25) is 5.15 Å². The van der Waals surface area contributed by atoms with Crippen LogP contribution in [0, 0.1) is 0 Å². The minimum atomic E-state index is -0.0603. The number of hydrogen-bond acceptors (Lipinski definition) is 2. The van der Waals surface area contributed by atoms with Gasteiger partial charge in [0, 0.05) is 0 Å². The molecule has 4 heteroatoms. The molecule has 0 aliphatic heterocycles. The Balaban J connectivity index is 2.15. The summed E-state index contributed by atoms with van der Waals surface area (Å²) in [7, 11) is 0. The molecular formula is C17H18BrClN2. The van der Waals surface area contributed by atoms with Crippen molar-refractivity contribution >= 4 is 27.5 Å². The Bertz CT molecular complexity index is 651. The van der Waals surface area contributed by atoms with Crippen molar-refractivity contribution in [3.05, 3.63) is 57.0 Å². The lowest BCUT2D eigenvalue weighted by Crippen LogP contribution is -2.37. The van der Waals surface area contributed by atoms with Gasteiger partial charge >= 0.3 is 0 Å². The number of aromatic nitrogens is 2. The maximum atomic E-state index is 6.34. The van der Waals surface area contributed by atoms with E-state index in [4.69, 9.17) is 16.6 Å². The summed E-state index contributed by atoms with van der Waals surface area (Å²) in [5, 5.41) is 0.519. The first-order valence-corrected chi connectivity index (χ1v) is 8.50. The van der Waals surface area contributed by atoms with Crippen LogP contribution in [0.4, 0.5) is 0 Å². The largest absolute Gasteiger partial charge is 0.235 e. The van der Waals surface area contributed by atoms with Crippen LogP contribution in [0.1, 0.15) is 56.1 Å². The normalized spacial score (nSPS) is 16.8. The van der Waals surface area contributed by atoms with Gasteiger partial charge in [-0.2, -0.15) is 0 Å². The maximum Gasteiger partial charge on any atom is 0.147 e. The van der Waals surface area contributed by atoms with Crippen molar-refractivity contribution < 1.29 is 0 Å². The fourth-order valence-electron chi connectivity index (χ4n) is 2.96. The first-order valence-electron chi connectivity index (χ1n) is 7.33. The number of benzene rings is 1. The molecule has 0 amide bonds. The highest BCUT2D eigenvalue weighted by Crippen LogP contribution is 2.48. The molecule has 21 heavy (non-hydrogen) atoms. The highest BCUT2D eigenvalue weighted by molar-refractivity contribution is 9.10. The van der Waals surface area contributed by atoms with Crippen molar-refractivity contribution in [3.63, 3.8) is 0 Å². The topological polar surface area (TPSA) is 25.8 Å². The summed E-state index contributed by atoms with van der Waals surface area (Å²) in [5.41, 5.74) is 2.23. The highest BCUT2D eigenvalue weighted by atomic mass is 79.9. The van der Waals surface area contributed by atoms with Gasteiger partial charge < -0.3 is 0 Å². The Hall–Kier alpha value is -0.930. The third-order valence-electron chi connectivity index (χ3n) is 4.34. The van der Waals surface area contributed by atoms with Crippen LogP contribution < -0.4 is 0 Å². The van der Waals surface area contributed by atoms with Gasteiger partial charge in [-0.15, -0.1) is 0 Å². The summed E-state index contributed by atoms with van der Waals surface area (Å²) in [6.07, 6.45) is 3.39. The Kier molecular flexibility index (Phi) is 4.06. The van der Waals surface area contributed by atoms with Crippen LogP contribution in [-0.2, 0) is 5.41 Å². The summed E-state index contributed by atoms with van der Waals surface area (Å²) >= 11 is 9.86. The maximum absolute atomic E-state index is 6.34. The molecule has 110 valence electrons. The molecule has 2 nitrogen and oxygen atoms in total. The van der Waals surface area contributed by atoms with Crippen molar-refractivity contribution in [2.45, 2.75) is 44.4 Å². The van der Waals surface area contributed by atoms with E-state index in [1.165, 1.54) is 12.0 Å². The molecule has 0 spiro atoms. The first-order chi connectivity index (χ1) is 10.0. The molecule has 0 N–H and O–H groups in total. The van der Waals surface area contributed by atoms with Gasteiger partial charge in [0.25, 0.3) is 0 Å². The Morgan fingerprint density at radius 3 is 2.33 bits per heavy atom. The Morgan fingerprint density at radius 1 is 1.14 bits per heavy atom.